The molecule has 0 unspecified atom stereocenters. The Labute approximate surface area is 241 Å². The second-order valence-electron chi connectivity index (χ2n) is 9.37. The van der Waals surface area contributed by atoms with Crippen molar-refractivity contribution in [1.82, 2.24) is 0 Å². The Morgan fingerprint density at radius 2 is 0.974 bits per heavy atom. The molecule has 1 N–H and O–H groups in total. The first-order valence-electron chi connectivity index (χ1n) is 12.2. The minimum absolute atomic E-state index is 0.315. The van der Waals surface area contributed by atoms with Crippen LogP contribution >= 0.6 is 39.7 Å². The predicted octanol–water partition coefficient (Wildman–Crippen LogP) is 10.4. The minimum atomic E-state index is -4.58. The molecule has 0 spiro atoms. The molecule has 0 amide bonds. The van der Waals surface area contributed by atoms with Crippen molar-refractivity contribution in [1.29, 1.82) is 0 Å². The first kappa shape index (κ1) is 24.6. The summed E-state index contributed by atoms with van der Waals surface area (Å²) in [6.07, 6.45) is 0. The molecule has 6 aromatic carbocycles. The van der Waals surface area contributed by atoms with Crippen LogP contribution in [0.3, 0.4) is 0 Å². The van der Waals surface area contributed by atoms with Crippen molar-refractivity contribution in [3.63, 3.8) is 0 Å². The van der Waals surface area contributed by atoms with E-state index in [0.717, 1.165) is 41.6 Å². The van der Waals surface area contributed by atoms with Crippen molar-refractivity contribution < 1.29 is 18.5 Å². The molecule has 0 aliphatic carbocycles. The fourth-order valence-electron chi connectivity index (χ4n) is 5.32. The Bertz CT molecular complexity index is 1830. The number of hydrogen-bond acceptors (Lipinski definition) is 3. The molecule has 0 saturated heterocycles. The summed E-state index contributed by atoms with van der Waals surface area (Å²) < 4.78 is 27.4. The lowest BCUT2D eigenvalue weighted by atomic mass is 9.86. The van der Waals surface area contributed by atoms with E-state index >= 15 is 0 Å². The Balaban J connectivity index is 1.73. The van der Waals surface area contributed by atoms with Gasteiger partial charge in [0.1, 0.15) is 11.5 Å². The molecule has 190 valence electrons. The Morgan fingerprint density at radius 3 is 1.38 bits per heavy atom. The lowest BCUT2D eigenvalue weighted by molar-refractivity contribution is 0.295. The van der Waals surface area contributed by atoms with Crippen molar-refractivity contribution in [3.8, 4) is 44.9 Å². The van der Waals surface area contributed by atoms with Gasteiger partial charge in [0, 0.05) is 31.2 Å². The molecule has 0 bridgehead atoms. The largest absolute Gasteiger partial charge is 0.584 e. The van der Waals surface area contributed by atoms with Gasteiger partial charge in [-0.3, -0.25) is 4.89 Å². The molecule has 6 aromatic rings. The number of phosphoric acid groups is 1. The fourth-order valence-corrected chi connectivity index (χ4v) is 6.95. The van der Waals surface area contributed by atoms with Crippen LogP contribution in [-0.2, 0) is 4.57 Å². The zero-order valence-electron chi connectivity index (χ0n) is 20.3. The van der Waals surface area contributed by atoms with Gasteiger partial charge in [0.2, 0.25) is 0 Å². The summed E-state index contributed by atoms with van der Waals surface area (Å²) in [5.74, 6) is 0.630. The quantitative estimate of drug-likeness (QED) is 0.188. The van der Waals surface area contributed by atoms with Gasteiger partial charge in [-0.15, -0.1) is 0 Å². The van der Waals surface area contributed by atoms with E-state index in [1.807, 2.05) is 109 Å². The van der Waals surface area contributed by atoms with Gasteiger partial charge in [-0.25, -0.2) is 4.57 Å². The lowest BCUT2D eigenvalue weighted by Gasteiger charge is -2.19. The molecule has 0 radical (unpaired) electrons. The zero-order chi connectivity index (χ0) is 26.7. The summed E-state index contributed by atoms with van der Waals surface area (Å²) >= 11 is 7.24. The lowest BCUT2D eigenvalue weighted by Crippen LogP contribution is -2.00. The second-order valence-corrected chi connectivity index (χ2v) is 12.5. The van der Waals surface area contributed by atoms with Crippen LogP contribution in [0.15, 0.2) is 118 Å². The molecule has 1 aliphatic heterocycles. The van der Waals surface area contributed by atoms with Gasteiger partial charge >= 0.3 is 7.82 Å². The SMILES string of the molecule is O=P1(O)Oc2c(-c3ccccc3)cc3cc(Br)ccc3c2-c2c(c(-c3ccccc3)cc3cc(Br)ccc23)O1. The van der Waals surface area contributed by atoms with Crippen LogP contribution in [0.5, 0.6) is 11.5 Å². The number of benzene rings is 6. The van der Waals surface area contributed by atoms with E-state index in [0.29, 0.717) is 33.8 Å². The Morgan fingerprint density at radius 1 is 0.564 bits per heavy atom. The van der Waals surface area contributed by atoms with Gasteiger partial charge < -0.3 is 9.05 Å². The summed E-state index contributed by atoms with van der Waals surface area (Å²) in [4.78, 5) is 11.1. The van der Waals surface area contributed by atoms with Crippen molar-refractivity contribution >= 4 is 61.2 Å². The molecule has 0 atom stereocenters. The van der Waals surface area contributed by atoms with Crippen molar-refractivity contribution in [3.05, 3.63) is 118 Å². The molecule has 1 heterocycles. The van der Waals surface area contributed by atoms with Gasteiger partial charge in [0.05, 0.1) is 0 Å². The number of hydrogen-bond donors (Lipinski definition) is 1. The van der Waals surface area contributed by atoms with E-state index in [1.165, 1.54) is 0 Å². The van der Waals surface area contributed by atoms with Crippen LogP contribution in [0.4, 0.5) is 0 Å². The second kappa shape index (κ2) is 9.35. The summed E-state index contributed by atoms with van der Waals surface area (Å²) in [5.41, 5.74) is 4.57. The highest BCUT2D eigenvalue weighted by atomic mass is 79.9. The van der Waals surface area contributed by atoms with Crippen LogP contribution in [0.25, 0.3) is 54.9 Å². The predicted molar refractivity (Wildman–Crippen MR) is 164 cm³/mol. The van der Waals surface area contributed by atoms with Crippen molar-refractivity contribution in [2.24, 2.45) is 0 Å². The first-order valence-corrected chi connectivity index (χ1v) is 15.3. The number of halogens is 2. The normalized spacial score (nSPS) is 13.7. The third kappa shape index (κ3) is 4.29. The van der Waals surface area contributed by atoms with Gasteiger partial charge in [-0.1, -0.05) is 105 Å². The Kier molecular flexibility index (Phi) is 5.91. The fraction of sp³-hybridized carbons (Fsp3) is 0. The van der Waals surface area contributed by atoms with Crippen LogP contribution in [0.2, 0.25) is 0 Å². The molecule has 7 heteroatoms. The maximum atomic E-state index is 13.6. The number of fused-ring (bicyclic) bond motifs is 7. The van der Waals surface area contributed by atoms with Gasteiger partial charge in [-0.05, 0) is 69.1 Å². The highest BCUT2D eigenvalue weighted by molar-refractivity contribution is 9.10. The summed E-state index contributed by atoms with van der Waals surface area (Å²) in [5, 5.41) is 3.69. The molecule has 4 nitrogen and oxygen atoms in total. The van der Waals surface area contributed by atoms with Gasteiger partial charge in [0.25, 0.3) is 0 Å². The maximum absolute atomic E-state index is 13.6. The topological polar surface area (TPSA) is 55.8 Å². The van der Waals surface area contributed by atoms with E-state index in [4.69, 9.17) is 9.05 Å². The zero-order valence-corrected chi connectivity index (χ0v) is 24.3. The highest BCUT2D eigenvalue weighted by Gasteiger charge is 2.37. The van der Waals surface area contributed by atoms with Crippen LogP contribution < -0.4 is 9.05 Å². The summed E-state index contributed by atoms with van der Waals surface area (Å²) in [7, 11) is -4.58. The molecular weight excluding hydrogens is 639 g/mol. The minimum Gasteiger partial charge on any atom is -0.394 e. The van der Waals surface area contributed by atoms with Crippen LogP contribution in [0, 0.1) is 0 Å². The average molecular weight is 658 g/mol. The monoisotopic (exact) mass is 656 g/mol. The Hall–Kier alpha value is -3.41. The van der Waals surface area contributed by atoms with E-state index in [1.54, 1.807) is 0 Å². The van der Waals surface area contributed by atoms with Gasteiger partial charge in [-0.2, -0.15) is 0 Å². The molecule has 39 heavy (non-hydrogen) atoms. The van der Waals surface area contributed by atoms with Crippen molar-refractivity contribution in [2.75, 3.05) is 0 Å². The molecule has 0 aromatic heterocycles. The summed E-state index contributed by atoms with van der Waals surface area (Å²) in [6.45, 7) is 0. The average Bonchev–Trinajstić information content (AvgIpc) is 3.06. The van der Waals surface area contributed by atoms with Gasteiger partial charge in [0.15, 0.2) is 0 Å². The van der Waals surface area contributed by atoms with E-state index in [-0.39, 0.29) is 0 Å². The van der Waals surface area contributed by atoms with E-state index in [2.05, 4.69) is 31.9 Å². The molecule has 0 saturated carbocycles. The smallest absolute Gasteiger partial charge is 0.394 e. The number of phosphoric ester groups is 1. The summed E-state index contributed by atoms with van der Waals surface area (Å²) in [6, 6.07) is 35.5. The maximum Gasteiger partial charge on any atom is 0.584 e. The third-order valence-electron chi connectivity index (χ3n) is 6.94. The van der Waals surface area contributed by atoms with Crippen molar-refractivity contribution in [2.45, 2.75) is 0 Å². The molecule has 0 fully saturated rings. The molecular formula is C32H19Br2O4P. The van der Waals surface area contributed by atoms with Crippen LogP contribution in [0.1, 0.15) is 0 Å². The number of rotatable bonds is 2. The van der Waals surface area contributed by atoms with Crippen LogP contribution in [-0.4, -0.2) is 4.89 Å². The first-order chi connectivity index (χ1) is 18.9. The van der Waals surface area contributed by atoms with E-state index in [9.17, 15) is 9.46 Å². The highest BCUT2D eigenvalue weighted by Crippen LogP contribution is 2.61. The molecule has 7 rings (SSSR count). The third-order valence-corrected chi connectivity index (χ3v) is 8.75. The van der Waals surface area contributed by atoms with E-state index < -0.39 is 7.82 Å². The molecule has 1 aliphatic rings. The standard InChI is InChI=1S/C32H19Br2O4P/c33-23-11-13-25-21(15-23)17-27(19-7-3-1-4-8-19)31-29(25)30-26-14-12-24(34)16-22(26)18-28(20-9-5-2-6-10-20)32(30)38-39(35,36)37-31/h1-18H,(H,35,36).